The lowest BCUT2D eigenvalue weighted by molar-refractivity contribution is -0.246. The summed E-state index contributed by atoms with van der Waals surface area (Å²) < 4.78 is 39.4. The second-order valence-electron chi connectivity index (χ2n) is 6.33. The van der Waals surface area contributed by atoms with E-state index in [4.69, 9.17) is 5.73 Å². The minimum absolute atomic E-state index is 0.145. The first kappa shape index (κ1) is 16.8. The maximum atomic E-state index is 13.1. The summed E-state index contributed by atoms with van der Waals surface area (Å²) in [6, 6.07) is 1.75. The Bertz CT molecular complexity index is 577. The molecule has 0 aromatic carbocycles. The quantitative estimate of drug-likeness (QED) is 0.668. The summed E-state index contributed by atoms with van der Waals surface area (Å²) >= 11 is 0. The van der Waals surface area contributed by atoms with Gasteiger partial charge >= 0.3 is 6.18 Å². The lowest BCUT2D eigenvalue weighted by Crippen LogP contribution is -2.52. The first-order valence-corrected chi connectivity index (χ1v) is 8.05. The van der Waals surface area contributed by atoms with Crippen LogP contribution in [0, 0.1) is 5.41 Å². The van der Waals surface area contributed by atoms with Crippen LogP contribution >= 0.6 is 0 Å². The molecule has 0 bridgehead atoms. The third-order valence-electron chi connectivity index (χ3n) is 4.89. The second kappa shape index (κ2) is 6.45. The highest BCUT2D eigenvalue weighted by Gasteiger charge is 2.58. The van der Waals surface area contributed by atoms with E-state index >= 15 is 0 Å². The van der Waals surface area contributed by atoms with Gasteiger partial charge in [-0.1, -0.05) is 6.42 Å². The molecule has 1 aliphatic heterocycles. The van der Waals surface area contributed by atoms with E-state index in [-0.39, 0.29) is 25.3 Å². The molecule has 24 heavy (non-hydrogen) atoms. The first-order valence-electron chi connectivity index (χ1n) is 8.05. The molecule has 1 saturated heterocycles. The zero-order valence-corrected chi connectivity index (χ0v) is 13.3. The van der Waals surface area contributed by atoms with Gasteiger partial charge in [-0.2, -0.15) is 13.2 Å². The molecule has 2 fully saturated rings. The summed E-state index contributed by atoms with van der Waals surface area (Å²) in [6.45, 7) is 2.22. The zero-order valence-electron chi connectivity index (χ0n) is 13.3. The van der Waals surface area contributed by atoms with Crippen molar-refractivity contribution in [2.24, 2.45) is 16.1 Å². The van der Waals surface area contributed by atoms with Gasteiger partial charge in [0.2, 0.25) is 5.95 Å². The summed E-state index contributed by atoms with van der Waals surface area (Å²) in [4.78, 5) is 16.3. The van der Waals surface area contributed by atoms with E-state index in [2.05, 4.69) is 15.0 Å². The minimum Gasteiger partial charge on any atom is -0.370 e. The van der Waals surface area contributed by atoms with Gasteiger partial charge in [0.15, 0.2) is 5.96 Å². The van der Waals surface area contributed by atoms with E-state index in [1.165, 1.54) is 0 Å². The average molecular weight is 342 g/mol. The van der Waals surface area contributed by atoms with Crippen molar-refractivity contribution in [1.82, 2.24) is 14.9 Å². The predicted octanol–water partition coefficient (Wildman–Crippen LogP) is 1.65. The normalized spacial score (nSPS) is 21.5. The number of aromatic nitrogens is 2. The van der Waals surface area contributed by atoms with Crippen LogP contribution in [0.1, 0.15) is 19.3 Å². The standard InChI is InChI=1S/C15H21F3N6/c16-15(17,18)14(3-1-4-14)11-22-12(19)23-7-9-24(10-8-23)13-20-5-2-6-21-13/h2,5-6H,1,3-4,7-11H2,(H2,19,22). The third-order valence-corrected chi connectivity index (χ3v) is 4.89. The van der Waals surface area contributed by atoms with Crippen LogP contribution in [-0.2, 0) is 0 Å². The Kier molecular flexibility index (Phi) is 4.51. The zero-order chi connectivity index (χ0) is 17.2. The second-order valence-corrected chi connectivity index (χ2v) is 6.33. The number of halogens is 3. The average Bonchev–Trinajstić information content (AvgIpc) is 2.53. The number of hydrogen-bond acceptors (Lipinski definition) is 4. The van der Waals surface area contributed by atoms with Crippen molar-refractivity contribution in [2.75, 3.05) is 37.6 Å². The van der Waals surface area contributed by atoms with Gasteiger partial charge in [0.25, 0.3) is 0 Å². The molecule has 132 valence electrons. The monoisotopic (exact) mass is 342 g/mol. The molecule has 1 saturated carbocycles. The van der Waals surface area contributed by atoms with E-state index in [1.807, 2.05) is 9.80 Å². The number of nitrogens with zero attached hydrogens (tertiary/aromatic N) is 5. The highest BCUT2D eigenvalue weighted by Crippen LogP contribution is 2.53. The lowest BCUT2D eigenvalue weighted by Gasteiger charge is -2.42. The summed E-state index contributed by atoms with van der Waals surface area (Å²) in [5, 5.41) is 0. The Morgan fingerprint density at radius 1 is 1.17 bits per heavy atom. The fourth-order valence-corrected chi connectivity index (χ4v) is 3.06. The van der Waals surface area contributed by atoms with E-state index in [1.54, 1.807) is 18.5 Å². The van der Waals surface area contributed by atoms with Gasteiger partial charge in [0.1, 0.15) is 0 Å². The van der Waals surface area contributed by atoms with Gasteiger partial charge < -0.3 is 15.5 Å². The number of rotatable bonds is 3. The smallest absolute Gasteiger partial charge is 0.370 e. The number of anilines is 1. The van der Waals surface area contributed by atoms with Gasteiger partial charge in [-0.3, -0.25) is 4.99 Å². The molecule has 0 spiro atoms. The Hall–Kier alpha value is -2.06. The Morgan fingerprint density at radius 2 is 1.79 bits per heavy atom. The third kappa shape index (κ3) is 3.25. The highest BCUT2D eigenvalue weighted by molar-refractivity contribution is 5.78. The van der Waals surface area contributed by atoms with E-state index in [9.17, 15) is 13.2 Å². The summed E-state index contributed by atoms with van der Waals surface area (Å²) in [5.74, 6) is 0.845. The van der Waals surface area contributed by atoms with Gasteiger partial charge in [0, 0.05) is 38.6 Å². The molecule has 2 aliphatic rings. The van der Waals surface area contributed by atoms with Crippen LogP contribution in [0.3, 0.4) is 0 Å². The van der Waals surface area contributed by atoms with Crippen LogP contribution in [0.25, 0.3) is 0 Å². The molecule has 6 nitrogen and oxygen atoms in total. The van der Waals surface area contributed by atoms with Crippen molar-refractivity contribution in [3.05, 3.63) is 18.5 Å². The van der Waals surface area contributed by atoms with Gasteiger partial charge in [0.05, 0.1) is 12.0 Å². The lowest BCUT2D eigenvalue weighted by atomic mass is 9.68. The van der Waals surface area contributed by atoms with Crippen molar-refractivity contribution in [3.8, 4) is 0 Å². The van der Waals surface area contributed by atoms with E-state index in [0.29, 0.717) is 38.5 Å². The minimum atomic E-state index is -4.21. The summed E-state index contributed by atoms with van der Waals surface area (Å²) in [7, 11) is 0. The number of nitrogens with two attached hydrogens (primary N) is 1. The Morgan fingerprint density at radius 3 is 2.29 bits per heavy atom. The molecule has 2 heterocycles. The maximum absolute atomic E-state index is 13.1. The fraction of sp³-hybridized carbons (Fsp3) is 0.667. The topological polar surface area (TPSA) is 70.6 Å². The van der Waals surface area contributed by atoms with Gasteiger partial charge in [-0.05, 0) is 18.9 Å². The number of alkyl halides is 3. The molecule has 0 atom stereocenters. The molecule has 0 radical (unpaired) electrons. The molecule has 1 aromatic heterocycles. The number of aliphatic imine (C=N–C) groups is 1. The fourth-order valence-electron chi connectivity index (χ4n) is 3.06. The maximum Gasteiger partial charge on any atom is 0.396 e. The molecular weight excluding hydrogens is 321 g/mol. The van der Waals surface area contributed by atoms with Crippen LogP contribution < -0.4 is 10.6 Å². The first-order chi connectivity index (χ1) is 11.4. The van der Waals surface area contributed by atoms with Crippen LogP contribution in [0.2, 0.25) is 0 Å². The van der Waals surface area contributed by atoms with Crippen molar-refractivity contribution < 1.29 is 13.2 Å². The molecule has 0 unspecified atom stereocenters. The molecule has 3 rings (SSSR count). The van der Waals surface area contributed by atoms with Gasteiger partial charge in [-0.15, -0.1) is 0 Å². The van der Waals surface area contributed by atoms with Crippen LogP contribution in [-0.4, -0.2) is 59.7 Å². The number of piperazine rings is 1. The molecule has 2 N–H and O–H groups in total. The summed E-state index contributed by atoms with van der Waals surface area (Å²) in [5.41, 5.74) is 4.25. The molecule has 1 aliphatic carbocycles. The van der Waals surface area contributed by atoms with Crippen molar-refractivity contribution in [1.29, 1.82) is 0 Å². The van der Waals surface area contributed by atoms with Crippen molar-refractivity contribution >= 4 is 11.9 Å². The van der Waals surface area contributed by atoms with Crippen LogP contribution in [0.5, 0.6) is 0 Å². The Labute approximate surface area is 138 Å². The predicted molar refractivity (Wildman–Crippen MR) is 84.6 cm³/mol. The Balaban J connectivity index is 1.56. The van der Waals surface area contributed by atoms with Crippen molar-refractivity contribution in [3.63, 3.8) is 0 Å². The number of guanidine groups is 1. The van der Waals surface area contributed by atoms with E-state index < -0.39 is 11.6 Å². The molecule has 0 amide bonds. The molecule has 9 heteroatoms. The highest BCUT2D eigenvalue weighted by atomic mass is 19.4. The number of hydrogen-bond donors (Lipinski definition) is 1. The van der Waals surface area contributed by atoms with Crippen LogP contribution in [0.15, 0.2) is 23.5 Å². The van der Waals surface area contributed by atoms with Crippen LogP contribution in [0.4, 0.5) is 19.1 Å². The summed E-state index contributed by atoms with van der Waals surface area (Å²) in [6.07, 6.45) is 0.0430. The molecule has 1 aromatic rings. The molecular formula is C15H21F3N6. The SMILES string of the molecule is NC(=NCC1(C(F)(F)F)CCC1)N1CCN(c2ncccn2)CC1. The largest absolute Gasteiger partial charge is 0.396 e. The van der Waals surface area contributed by atoms with Gasteiger partial charge in [-0.25, -0.2) is 9.97 Å². The van der Waals surface area contributed by atoms with E-state index in [0.717, 1.165) is 0 Å². The van der Waals surface area contributed by atoms with Crippen molar-refractivity contribution in [2.45, 2.75) is 25.4 Å².